The van der Waals surface area contributed by atoms with Crippen molar-refractivity contribution in [2.75, 3.05) is 5.32 Å². The van der Waals surface area contributed by atoms with Crippen LogP contribution in [0.5, 0.6) is 0 Å². The van der Waals surface area contributed by atoms with Crippen molar-refractivity contribution in [2.45, 2.75) is 45.9 Å². The van der Waals surface area contributed by atoms with Gasteiger partial charge >= 0.3 is 12.0 Å². The highest BCUT2D eigenvalue weighted by molar-refractivity contribution is 7.13. The average Bonchev–Trinajstić information content (AvgIpc) is 3.08. The molecule has 0 bridgehead atoms. The molecule has 1 atom stereocenters. The Morgan fingerprint density at radius 3 is 2.50 bits per heavy atom. The van der Waals surface area contributed by atoms with E-state index in [0.717, 1.165) is 5.56 Å². The minimum absolute atomic E-state index is 0.0966. The molecule has 2 rings (SSSR count). The normalized spacial score (nSPS) is 12.0. The number of nitrogens with zero attached hydrogens (tertiary/aromatic N) is 1. The highest BCUT2D eigenvalue weighted by Gasteiger charge is 2.23. The van der Waals surface area contributed by atoms with E-state index in [0.29, 0.717) is 11.7 Å². The van der Waals surface area contributed by atoms with E-state index in [2.05, 4.69) is 20.9 Å². The third-order valence-electron chi connectivity index (χ3n) is 3.38. The lowest BCUT2D eigenvalue weighted by atomic mass is 10.1. The lowest BCUT2D eigenvalue weighted by Crippen LogP contribution is -2.50. The second-order valence-electron chi connectivity index (χ2n) is 7.12. The zero-order valence-corrected chi connectivity index (χ0v) is 17.1. The number of benzene rings is 1. The summed E-state index contributed by atoms with van der Waals surface area (Å²) in [4.78, 5) is 40.1. The van der Waals surface area contributed by atoms with Crippen molar-refractivity contribution in [2.24, 2.45) is 0 Å². The van der Waals surface area contributed by atoms with E-state index in [1.54, 1.807) is 26.2 Å². The minimum atomic E-state index is -1.14. The van der Waals surface area contributed by atoms with Gasteiger partial charge in [-0.2, -0.15) is 0 Å². The molecule has 9 heteroatoms. The molecule has 0 aliphatic heterocycles. The van der Waals surface area contributed by atoms with Gasteiger partial charge in [-0.05, 0) is 33.3 Å². The number of thiazole rings is 1. The molecular weight excluding hydrogens is 380 g/mol. The molecule has 0 saturated heterocycles. The monoisotopic (exact) mass is 404 g/mol. The standard InChI is InChI=1S/C19H24N4O4S/c1-12(15(24)22-17(26)23-19(2,3)4)27-16(25)14-11-28-18(21-14)20-10-13-8-6-5-7-9-13/h5-9,11-12H,10H2,1-4H3,(H,20,21)(H2,22,23,24,26)/t12-/m0/s1. The van der Waals surface area contributed by atoms with Crippen molar-refractivity contribution in [3.63, 3.8) is 0 Å². The fourth-order valence-electron chi connectivity index (χ4n) is 2.08. The van der Waals surface area contributed by atoms with Gasteiger partial charge in [0.2, 0.25) is 0 Å². The minimum Gasteiger partial charge on any atom is -0.448 e. The molecule has 3 amide bonds. The summed E-state index contributed by atoms with van der Waals surface area (Å²) in [7, 11) is 0. The second kappa shape index (κ2) is 9.32. The van der Waals surface area contributed by atoms with Gasteiger partial charge in [-0.15, -0.1) is 11.3 Å². The van der Waals surface area contributed by atoms with Gasteiger partial charge in [0.1, 0.15) is 0 Å². The number of hydrogen-bond acceptors (Lipinski definition) is 7. The fourth-order valence-corrected chi connectivity index (χ4v) is 2.76. The van der Waals surface area contributed by atoms with Crippen LogP contribution in [0.3, 0.4) is 0 Å². The van der Waals surface area contributed by atoms with Crippen LogP contribution in [-0.4, -0.2) is 34.5 Å². The molecule has 0 unspecified atom stereocenters. The van der Waals surface area contributed by atoms with Crippen molar-refractivity contribution < 1.29 is 19.1 Å². The Kier molecular flexibility index (Phi) is 7.11. The number of amides is 3. The summed E-state index contributed by atoms with van der Waals surface area (Å²) in [6.45, 7) is 7.31. The van der Waals surface area contributed by atoms with Crippen molar-refractivity contribution >= 4 is 34.4 Å². The number of rotatable bonds is 6. The molecule has 0 aliphatic rings. The number of ether oxygens (including phenoxy) is 1. The Hall–Kier alpha value is -2.94. The maximum atomic E-state index is 12.2. The number of aromatic nitrogens is 1. The second-order valence-corrected chi connectivity index (χ2v) is 7.98. The first-order valence-electron chi connectivity index (χ1n) is 8.71. The Bertz CT molecular complexity index is 830. The van der Waals surface area contributed by atoms with E-state index >= 15 is 0 Å². The highest BCUT2D eigenvalue weighted by atomic mass is 32.1. The first-order valence-corrected chi connectivity index (χ1v) is 9.59. The predicted molar refractivity (Wildman–Crippen MR) is 107 cm³/mol. The molecule has 0 spiro atoms. The number of carbonyl (C=O) groups is 3. The van der Waals surface area contributed by atoms with Gasteiger partial charge in [-0.1, -0.05) is 30.3 Å². The van der Waals surface area contributed by atoms with Gasteiger partial charge in [-0.25, -0.2) is 14.6 Å². The molecule has 8 nitrogen and oxygen atoms in total. The van der Waals surface area contributed by atoms with E-state index in [-0.39, 0.29) is 5.69 Å². The van der Waals surface area contributed by atoms with Gasteiger partial charge in [0.05, 0.1) is 0 Å². The van der Waals surface area contributed by atoms with Crippen LogP contribution in [0.25, 0.3) is 0 Å². The first-order chi connectivity index (χ1) is 13.1. The molecule has 3 N–H and O–H groups in total. The Morgan fingerprint density at radius 2 is 1.86 bits per heavy atom. The van der Waals surface area contributed by atoms with Gasteiger partial charge in [-0.3, -0.25) is 10.1 Å². The van der Waals surface area contributed by atoms with Gasteiger partial charge in [0.15, 0.2) is 16.9 Å². The van der Waals surface area contributed by atoms with E-state index in [9.17, 15) is 14.4 Å². The number of imide groups is 1. The SMILES string of the molecule is C[C@H](OC(=O)c1csc(NCc2ccccc2)n1)C(=O)NC(=O)NC(C)(C)C. The van der Waals surface area contributed by atoms with E-state index in [1.165, 1.54) is 18.3 Å². The predicted octanol–water partition coefficient (Wildman–Crippen LogP) is 2.92. The summed E-state index contributed by atoms with van der Waals surface area (Å²) in [5.74, 6) is -1.45. The van der Waals surface area contributed by atoms with Crippen LogP contribution in [0.15, 0.2) is 35.7 Å². The van der Waals surface area contributed by atoms with Crippen LogP contribution < -0.4 is 16.0 Å². The van der Waals surface area contributed by atoms with E-state index in [4.69, 9.17) is 4.74 Å². The number of nitrogens with one attached hydrogen (secondary N) is 3. The largest absolute Gasteiger partial charge is 0.448 e. The molecule has 0 aliphatic carbocycles. The lowest BCUT2D eigenvalue weighted by molar-refractivity contribution is -0.127. The van der Waals surface area contributed by atoms with Crippen LogP contribution in [0.2, 0.25) is 0 Å². The lowest BCUT2D eigenvalue weighted by Gasteiger charge is -2.21. The molecule has 1 aromatic carbocycles. The molecule has 28 heavy (non-hydrogen) atoms. The van der Waals surface area contributed by atoms with Crippen molar-refractivity contribution in [3.8, 4) is 0 Å². The summed E-state index contributed by atoms with van der Waals surface area (Å²) >= 11 is 1.26. The van der Waals surface area contributed by atoms with Crippen molar-refractivity contribution in [3.05, 3.63) is 47.0 Å². The average molecular weight is 404 g/mol. The topological polar surface area (TPSA) is 109 Å². The van der Waals surface area contributed by atoms with Crippen molar-refractivity contribution in [1.82, 2.24) is 15.6 Å². The van der Waals surface area contributed by atoms with Crippen LogP contribution >= 0.6 is 11.3 Å². The number of esters is 1. The maximum Gasteiger partial charge on any atom is 0.358 e. The Labute approximate surface area is 167 Å². The molecule has 1 aromatic heterocycles. The highest BCUT2D eigenvalue weighted by Crippen LogP contribution is 2.17. The molecular formula is C19H24N4O4S. The number of hydrogen-bond donors (Lipinski definition) is 3. The Balaban J connectivity index is 1.84. The third-order valence-corrected chi connectivity index (χ3v) is 4.18. The van der Waals surface area contributed by atoms with E-state index < -0.39 is 29.6 Å². The van der Waals surface area contributed by atoms with Gasteiger partial charge in [0, 0.05) is 17.5 Å². The zero-order chi connectivity index (χ0) is 20.7. The smallest absolute Gasteiger partial charge is 0.358 e. The quantitative estimate of drug-likeness (QED) is 0.639. The van der Waals surface area contributed by atoms with Crippen LogP contribution in [0.4, 0.5) is 9.93 Å². The Morgan fingerprint density at radius 1 is 1.18 bits per heavy atom. The van der Waals surface area contributed by atoms with Gasteiger partial charge < -0.3 is 15.4 Å². The molecule has 0 fully saturated rings. The molecule has 2 aromatic rings. The van der Waals surface area contributed by atoms with Crippen molar-refractivity contribution in [1.29, 1.82) is 0 Å². The number of carbonyl (C=O) groups excluding carboxylic acids is 3. The van der Waals surface area contributed by atoms with Crippen LogP contribution in [-0.2, 0) is 16.1 Å². The maximum absolute atomic E-state index is 12.2. The van der Waals surface area contributed by atoms with Crippen LogP contribution in [0, 0.1) is 0 Å². The summed E-state index contributed by atoms with van der Waals surface area (Å²) in [5.41, 5.74) is 0.689. The number of anilines is 1. The summed E-state index contributed by atoms with van der Waals surface area (Å²) in [5, 5.41) is 9.97. The summed E-state index contributed by atoms with van der Waals surface area (Å²) in [6, 6.07) is 9.12. The van der Waals surface area contributed by atoms with E-state index in [1.807, 2.05) is 30.3 Å². The summed E-state index contributed by atoms with van der Waals surface area (Å²) < 4.78 is 5.09. The molecule has 0 saturated carbocycles. The molecule has 150 valence electrons. The molecule has 1 heterocycles. The first kappa shape index (κ1) is 21.4. The third kappa shape index (κ3) is 6.99. The van der Waals surface area contributed by atoms with Crippen LogP contribution in [0.1, 0.15) is 43.7 Å². The zero-order valence-electron chi connectivity index (χ0n) is 16.2. The fraction of sp³-hybridized carbons (Fsp3) is 0.368. The van der Waals surface area contributed by atoms with Gasteiger partial charge in [0.25, 0.3) is 5.91 Å². The summed E-state index contributed by atoms with van der Waals surface area (Å²) in [6.07, 6.45) is -1.14. The number of urea groups is 1. The molecule has 0 radical (unpaired) electrons.